The lowest BCUT2D eigenvalue weighted by molar-refractivity contribution is 0.140. The number of rotatable bonds is 6. The van der Waals surface area contributed by atoms with Crippen molar-refractivity contribution < 1.29 is 4.52 Å². The van der Waals surface area contributed by atoms with E-state index >= 15 is 0 Å². The second-order valence-corrected chi connectivity index (χ2v) is 6.80. The molecule has 1 aliphatic heterocycles. The summed E-state index contributed by atoms with van der Waals surface area (Å²) in [5, 5.41) is 7.63. The van der Waals surface area contributed by atoms with Crippen LogP contribution in [-0.2, 0) is 13.1 Å². The summed E-state index contributed by atoms with van der Waals surface area (Å²) in [4.78, 5) is 2.50. The van der Waals surface area contributed by atoms with Crippen LogP contribution in [0.1, 0.15) is 51.0 Å². The van der Waals surface area contributed by atoms with Crippen LogP contribution >= 0.6 is 0 Å². The fraction of sp³-hybridized carbons (Fsp3) is 0.812. The fourth-order valence-electron chi connectivity index (χ4n) is 3.05. The van der Waals surface area contributed by atoms with Crippen molar-refractivity contribution in [1.82, 2.24) is 15.4 Å². The van der Waals surface area contributed by atoms with Gasteiger partial charge in [-0.2, -0.15) is 0 Å². The fourth-order valence-corrected chi connectivity index (χ4v) is 3.05. The van der Waals surface area contributed by atoms with Crippen LogP contribution in [-0.4, -0.2) is 29.2 Å². The Morgan fingerprint density at radius 3 is 2.70 bits per heavy atom. The van der Waals surface area contributed by atoms with Gasteiger partial charge < -0.3 is 9.84 Å². The van der Waals surface area contributed by atoms with Crippen LogP contribution < -0.4 is 5.32 Å². The van der Waals surface area contributed by atoms with Crippen molar-refractivity contribution in [3.63, 3.8) is 0 Å². The first kappa shape index (κ1) is 14.1. The second-order valence-electron chi connectivity index (χ2n) is 6.80. The molecule has 2 heterocycles. The number of likely N-dealkylation sites (tertiary alicyclic amines) is 1. The summed E-state index contributed by atoms with van der Waals surface area (Å²) in [6.45, 7) is 8.84. The average molecular weight is 277 g/mol. The van der Waals surface area contributed by atoms with Crippen LogP contribution in [0.2, 0.25) is 0 Å². The first-order chi connectivity index (χ1) is 9.70. The average Bonchev–Trinajstić information content (AvgIpc) is 3.17. The summed E-state index contributed by atoms with van der Waals surface area (Å²) >= 11 is 0. The molecule has 0 atom stereocenters. The van der Waals surface area contributed by atoms with Crippen LogP contribution in [0.5, 0.6) is 0 Å². The van der Waals surface area contributed by atoms with Crippen LogP contribution in [0.15, 0.2) is 10.6 Å². The van der Waals surface area contributed by atoms with Crippen molar-refractivity contribution in [2.75, 3.05) is 13.1 Å². The van der Waals surface area contributed by atoms with Crippen molar-refractivity contribution in [2.45, 2.75) is 58.7 Å². The van der Waals surface area contributed by atoms with E-state index in [9.17, 15) is 0 Å². The SMILES string of the molecule is CC(C)C1CCN(Cc2cc(CNC3CC3)no2)CC1. The monoisotopic (exact) mass is 277 g/mol. The molecule has 20 heavy (non-hydrogen) atoms. The first-order valence-corrected chi connectivity index (χ1v) is 8.11. The van der Waals surface area contributed by atoms with Gasteiger partial charge in [0, 0.05) is 18.7 Å². The van der Waals surface area contributed by atoms with Gasteiger partial charge in [0.1, 0.15) is 0 Å². The normalized spacial score (nSPS) is 21.8. The highest BCUT2D eigenvalue weighted by atomic mass is 16.5. The van der Waals surface area contributed by atoms with Gasteiger partial charge in [-0.25, -0.2) is 0 Å². The number of nitrogens with one attached hydrogen (secondary N) is 1. The zero-order chi connectivity index (χ0) is 13.9. The molecule has 3 rings (SSSR count). The smallest absolute Gasteiger partial charge is 0.151 e. The van der Waals surface area contributed by atoms with Crippen LogP contribution in [0.25, 0.3) is 0 Å². The minimum absolute atomic E-state index is 0.727. The number of hydrogen-bond acceptors (Lipinski definition) is 4. The highest BCUT2D eigenvalue weighted by Crippen LogP contribution is 2.25. The van der Waals surface area contributed by atoms with Gasteiger partial charge in [-0.15, -0.1) is 0 Å². The standard InChI is InChI=1S/C16H27N3O/c1-12(2)13-5-7-19(8-6-13)11-16-9-15(18-20-16)10-17-14-3-4-14/h9,12-14,17H,3-8,10-11H2,1-2H3. The Morgan fingerprint density at radius 1 is 1.30 bits per heavy atom. The minimum Gasteiger partial charge on any atom is -0.360 e. The van der Waals surface area contributed by atoms with Crippen LogP contribution in [0.4, 0.5) is 0 Å². The molecule has 0 spiro atoms. The highest BCUT2D eigenvalue weighted by Gasteiger charge is 2.23. The van der Waals surface area contributed by atoms with E-state index in [-0.39, 0.29) is 0 Å². The lowest BCUT2D eigenvalue weighted by atomic mass is 9.87. The molecule has 0 radical (unpaired) electrons. The molecule has 112 valence electrons. The van der Waals surface area contributed by atoms with E-state index in [0.717, 1.165) is 42.4 Å². The van der Waals surface area contributed by atoms with Crippen LogP contribution in [0, 0.1) is 11.8 Å². The van der Waals surface area contributed by atoms with Crippen molar-refractivity contribution in [3.05, 3.63) is 17.5 Å². The zero-order valence-electron chi connectivity index (χ0n) is 12.8. The molecule has 1 saturated heterocycles. The predicted octanol–water partition coefficient (Wildman–Crippen LogP) is 2.79. The van der Waals surface area contributed by atoms with Crippen molar-refractivity contribution >= 4 is 0 Å². The molecule has 0 unspecified atom stereocenters. The molecule has 1 N–H and O–H groups in total. The molecule has 1 aliphatic carbocycles. The third-order valence-electron chi connectivity index (χ3n) is 4.71. The molecule has 1 aromatic rings. The molecule has 0 aromatic carbocycles. The van der Waals surface area contributed by atoms with Gasteiger partial charge in [0.05, 0.1) is 12.2 Å². The lowest BCUT2D eigenvalue weighted by Crippen LogP contribution is -2.34. The molecule has 4 heteroatoms. The second kappa shape index (κ2) is 6.27. The summed E-state index contributed by atoms with van der Waals surface area (Å²) in [7, 11) is 0. The first-order valence-electron chi connectivity index (χ1n) is 8.11. The van der Waals surface area contributed by atoms with Crippen molar-refractivity contribution in [3.8, 4) is 0 Å². The Morgan fingerprint density at radius 2 is 2.05 bits per heavy atom. The van der Waals surface area contributed by atoms with Gasteiger partial charge in [-0.1, -0.05) is 19.0 Å². The van der Waals surface area contributed by atoms with Gasteiger partial charge in [-0.3, -0.25) is 4.90 Å². The highest BCUT2D eigenvalue weighted by molar-refractivity contribution is 5.06. The maximum Gasteiger partial charge on any atom is 0.151 e. The summed E-state index contributed by atoms with van der Waals surface area (Å²) in [5.74, 6) is 2.74. The molecule has 0 bridgehead atoms. The van der Waals surface area contributed by atoms with Crippen molar-refractivity contribution in [2.24, 2.45) is 11.8 Å². The Bertz CT molecular complexity index is 417. The molecule has 1 saturated carbocycles. The van der Waals surface area contributed by atoms with E-state index in [0.29, 0.717) is 0 Å². The molecular formula is C16H27N3O. The Kier molecular flexibility index (Phi) is 4.41. The largest absolute Gasteiger partial charge is 0.360 e. The van der Waals surface area contributed by atoms with E-state index in [2.05, 4.69) is 35.3 Å². The summed E-state index contributed by atoms with van der Waals surface area (Å²) < 4.78 is 5.46. The van der Waals surface area contributed by atoms with Gasteiger partial charge in [0.25, 0.3) is 0 Å². The summed E-state index contributed by atoms with van der Waals surface area (Å²) in [6.07, 6.45) is 5.27. The van der Waals surface area contributed by atoms with Gasteiger partial charge in [0.15, 0.2) is 5.76 Å². The predicted molar refractivity (Wildman–Crippen MR) is 79.2 cm³/mol. The zero-order valence-corrected chi connectivity index (χ0v) is 12.8. The van der Waals surface area contributed by atoms with Crippen LogP contribution in [0.3, 0.4) is 0 Å². The quantitative estimate of drug-likeness (QED) is 0.868. The lowest BCUT2D eigenvalue weighted by Gasteiger charge is -2.33. The molecule has 4 nitrogen and oxygen atoms in total. The Labute approximate surface area is 121 Å². The number of nitrogens with zero attached hydrogens (tertiary/aromatic N) is 2. The minimum atomic E-state index is 0.727. The van der Waals surface area contributed by atoms with E-state index in [4.69, 9.17) is 4.52 Å². The molecular weight excluding hydrogens is 250 g/mol. The summed E-state index contributed by atoms with van der Waals surface area (Å²) in [5.41, 5.74) is 1.05. The van der Waals surface area contributed by atoms with E-state index in [1.807, 2.05) is 0 Å². The summed E-state index contributed by atoms with van der Waals surface area (Å²) in [6, 6.07) is 2.84. The third-order valence-corrected chi connectivity index (χ3v) is 4.71. The van der Waals surface area contributed by atoms with E-state index in [1.165, 1.54) is 38.8 Å². The van der Waals surface area contributed by atoms with Gasteiger partial charge in [-0.05, 0) is 50.6 Å². The third kappa shape index (κ3) is 3.83. The van der Waals surface area contributed by atoms with E-state index in [1.54, 1.807) is 0 Å². The number of aromatic nitrogens is 1. The Balaban J connectivity index is 1.43. The molecule has 2 fully saturated rings. The maximum atomic E-state index is 5.46. The molecule has 2 aliphatic rings. The topological polar surface area (TPSA) is 41.3 Å². The number of hydrogen-bond donors (Lipinski definition) is 1. The maximum absolute atomic E-state index is 5.46. The van der Waals surface area contributed by atoms with Crippen molar-refractivity contribution in [1.29, 1.82) is 0 Å². The molecule has 1 aromatic heterocycles. The number of piperidine rings is 1. The molecule has 0 amide bonds. The van der Waals surface area contributed by atoms with Gasteiger partial charge in [0.2, 0.25) is 0 Å². The van der Waals surface area contributed by atoms with E-state index < -0.39 is 0 Å². The van der Waals surface area contributed by atoms with Gasteiger partial charge >= 0.3 is 0 Å². The Hall–Kier alpha value is -0.870.